The van der Waals surface area contributed by atoms with Crippen LogP contribution in [0.2, 0.25) is 0 Å². The van der Waals surface area contributed by atoms with Crippen LogP contribution in [0.1, 0.15) is 48.0 Å². The first-order valence-electron chi connectivity index (χ1n) is 13.4. The minimum absolute atomic E-state index is 0.0166. The van der Waals surface area contributed by atoms with Crippen molar-refractivity contribution in [3.8, 4) is 0 Å². The minimum atomic E-state index is -4.34. The molecule has 4 heterocycles. The van der Waals surface area contributed by atoms with Crippen molar-refractivity contribution in [2.75, 3.05) is 38.5 Å². The average molecular weight is 556 g/mol. The summed E-state index contributed by atoms with van der Waals surface area (Å²) in [6.45, 7) is 2.39. The van der Waals surface area contributed by atoms with E-state index in [0.717, 1.165) is 42.8 Å². The first kappa shape index (κ1) is 27.6. The molecule has 0 bridgehead atoms. The number of carbonyl (C=O) groups is 2. The van der Waals surface area contributed by atoms with Gasteiger partial charge in [-0.25, -0.2) is 4.52 Å². The topological polar surface area (TPSA) is 94.9 Å². The van der Waals surface area contributed by atoms with E-state index >= 15 is 0 Å². The molecule has 2 amide bonds. The number of nitrogens with one attached hydrogen (secondary N) is 2. The Morgan fingerprint density at radius 3 is 2.67 bits per heavy atom. The van der Waals surface area contributed by atoms with E-state index in [2.05, 4.69) is 20.7 Å². The Labute approximate surface area is 230 Å². The highest BCUT2D eigenvalue weighted by atomic mass is 19.4. The molecular weight excluding hydrogens is 523 g/mol. The molecule has 2 aliphatic rings. The third-order valence-corrected chi connectivity index (χ3v) is 7.42. The van der Waals surface area contributed by atoms with Gasteiger partial charge in [0.2, 0.25) is 11.9 Å². The molecule has 3 aromatic rings. The predicted molar refractivity (Wildman–Crippen MR) is 145 cm³/mol. The van der Waals surface area contributed by atoms with Gasteiger partial charge in [0.15, 0.2) is 5.65 Å². The quantitative estimate of drug-likeness (QED) is 0.453. The number of fused-ring (bicyclic) bond motifs is 1. The van der Waals surface area contributed by atoms with Crippen LogP contribution in [0.25, 0.3) is 11.2 Å². The molecular formula is C28H32F3N7O2. The van der Waals surface area contributed by atoms with Crippen LogP contribution in [0.15, 0.2) is 48.7 Å². The summed E-state index contributed by atoms with van der Waals surface area (Å²) in [5.41, 5.74) is 3.79. The number of alkyl halides is 3. The lowest BCUT2D eigenvalue weighted by Crippen LogP contribution is -2.46. The van der Waals surface area contributed by atoms with Crippen molar-refractivity contribution in [3.63, 3.8) is 0 Å². The summed E-state index contributed by atoms with van der Waals surface area (Å²) < 4.78 is 39.1. The van der Waals surface area contributed by atoms with Crippen molar-refractivity contribution in [2.45, 2.75) is 44.3 Å². The number of carbonyl (C=O) groups excluding carboxylic acids is 2. The SMILES string of the molecule is CN(C(=O)c1ccc(Nc2nc3c(C4=CCN(C(=O)CCC(F)(F)F)CC4)cccn3n2)cc1)C1CCCNC1. The number of amides is 2. The highest BCUT2D eigenvalue weighted by molar-refractivity contribution is 5.94. The molecule has 1 aromatic carbocycles. The third-order valence-electron chi connectivity index (χ3n) is 7.42. The summed E-state index contributed by atoms with van der Waals surface area (Å²) in [4.78, 5) is 33.0. The van der Waals surface area contributed by atoms with Gasteiger partial charge in [0, 0.05) is 62.2 Å². The van der Waals surface area contributed by atoms with Crippen LogP contribution < -0.4 is 10.6 Å². The molecule has 5 rings (SSSR count). The van der Waals surface area contributed by atoms with Gasteiger partial charge in [-0.05, 0) is 67.8 Å². The maximum absolute atomic E-state index is 12.9. The Balaban J connectivity index is 1.24. The number of pyridine rings is 1. The monoisotopic (exact) mass is 555 g/mol. The molecule has 0 radical (unpaired) electrons. The second-order valence-corrected chi connectivity index (χ2v) is 10.2. The van der Waals surface area contributed by atoms with Gasteiger partial charge in [0.25, 0.3) is 5.91 Å². The molecule has 0 spiro atoms. The summed E-state index contributed by atoms with van der Waals surface area (Å²) in [5.74, 6) is -0.125. The molecule has 2 N–H and O–H groups in total. The van der Waals surface area contributed by atoms with Crippen molar-refractivity contribution < 1.29 is 22.8 Å². The summed E-state index contributed by atoms with van der Waals surface area (Å²) in [5, 5.41) is 11.0. The number of benzene rings is 1. The van der Waals surface area contributed by atoms with E-state index in [1.54, 1.807) is 27.7 Å². The highest BCUT2D eigenvalue weighted by Gasteiger charge is 2.30. The number of nitrogens with zero attached hydrogens (tertiary/aromatic N) is 5. The Bertz CT molecular complexity index is 1400. The molecule has 2 aliphatic heterocycles. The molecule has 40 heavy (non-hydrogen) atoms. The van der Waals surface area contributed by atoms with Gasteiger partial charge >= 0.3 is 6.18 Å². The van der Waals surface area contributed by atoms with Crippen LogP contribution in [0.3, 0.4) is 0 Å². The summed E-state index contributed by atoms with van der Waals surface area (Å²) >= 11 is 0. The van der Waals surface area contributed by atoms with Gasteiger partial charge in [-0.3, -0.25) is 9.59 Å². The number of anilines is 2. The minimum Gasteiger partial charge on any atom is -0.339 e. The molecule has 9 nitrogen and oxygen atoms in total. The largest absolute Gasteiger partial charge is 0.389 e. The van der Waals surface area contributed by atoms with Gasteiger partial charge < -0.3 is 20.4 Å². The van der Waals surface area contributed by atoms with Gasteiger partial charge in [-0.15, -0.1) is 5.10 Å². The number of likely N-dealkylation sites (N-methyl/N-ethyl adjacent to an activating group) is 1. The summed E-state index contributed by atoms with van der Waals surface area (Å²) in [6, 6.07) is 11.2. The Hall–Kier alpha value is -3.93. The van der Waals surface area contributed by atoms with E-state index in [1.165, 1.54) is 4.90 Å². The maximum Gasteiger partial charge on any atom is 0.389 e. The second-order valence-electron chi connectivity index (χ2n) is 10.2. The average Bonchev–Trinajstić information content (AvgIpc) is 3.38. The fourth-order valence-electron chi connectivity index (χ4n) is 5.12. The molecule has 212 valence electrons. The fourth-order valence-corrected chi connectivity index (χ4v) is 5.12. The van der Waals surface area contributed by atoms with Gasteiger partial charge in [-0.2, -0.15) is 18.2 Å². The van der Waals surface area contributed by atoms with Crippen molar-refractivity contribution in [1.29, 1.82) is 0 Å². The van der Waals surface area contributed by atoms with Crippen molar-refractivity contribution in [1.82, 2.24) is 29.7 Å². The van der Waals surface area contributed by atoms with E-state index < -0.39 is 24.9 Å². The number of aromatic nitrogens is 3. The van der Waals surface area contributed by atoms with Crippen LogP contribution in [0.4, 0.5) is 24.8 Å². The zero-order chi connectivity index (χ0) is 28.3. The smallest absolute Gasteiger partial charge is 0.339 e. The van der Waals surface area contributed by atoms with E-state index in [9.17, 15) is 22.8 Å². The lowest BCUT2D eigenvalue weighted by molar-refractivity contribution is -0.148. The number of hydrogen-bond acceptors (Lipinski definition) is 6. The Morgan fingerprint density at radius 2 is 2.00 bits per heavy atom. The zero-order valence-corrected chi connectivity index (χ0v) is 22.2. The second kappa shape index (κ2) is 11.7. The van der Waals surface area contributed by atoms with Crippen LogP contribution in [0.5, 0.6) is 0 Å². The van der Waals surface area contributed by atoms with Crippen LogP contribution in [0, 0.1) is 0 Å². The Morgan fingerprint density at radius 1 is 1.20 bits per heavy atom. The maximum atomic E-state index is 12.9. The Kier molecular flexibility index (Phi) is 8.06. The molecule has 2 aromatic heterocycles. The lowest BCUT2D eigenvalue weighted by atomic mass is 10.00. The number of halogens is 3. The molecule has 1 atom stereocenters. The number of piperidine rings is 1. The third kappa shape index (κ3) is 6.44. The number of hydrogen-bond donors (Lipinski definition) is 2. The summed E-state index contributed by atoms with van der Waals surface area (Å²) in [6.07, 6.45) is 0.212. The van der Waals surface area contributed by atoms with Crippen LogP contribution in [-0.2, 0) is 4.79 Å². The van der Waals surface area contributed by atoms with Crippen molar-refractivity contribution in [3.05, 3.63) is 59.8 Å². The van der Waals surface area contributed by atoms with Crippen LogP contribution in [-0.4, -0.2) is 81.7 Å². The van der Waals surface area contributed by atoms with Gasteiger partial charge in [0.05, 0.1) is 6.42 Å². The number of rotatable bonds is 7. The molecule has 1 fully saturated rings. The van der Waals surface area contributed by atoms with Crippen molar-refractivity contribution in [2.24, 2.45) is 0 Å². The normalized spacial score (nSPS) is 17.9. The van der Waals surface area contributed by atoms with E-state index in [-0.39, 0.29) is 18.5 Å². The first-order chi connectivity index (χ1) is 19.2. The first-order valence-corrected chi connectivity index (χ1v) is 13.4. The zero-order valence-electron chi connectivity index (χ0n) is 22.2. The molecule has 1 unspecified atom stereocenters. The van der Waals surface area contributed by atoms with E-state index in [1.807, 2.05) is 37.4 Å². The summed E-state index contributed by atoms with van der Waals surface area (Å²) in [7, 11) is 1.84. The fraction of sp³-hybridized carbons (Fsp3) is 0.429. The van der Waals surface area contributed by atoms with E-state index in [0.29, 0.717) is 30.1 Å². The van der Waals surface area contributed by atoms with Crippen LogP contribution >= 0.6 is 0 Å². The molecule has 12 heteroatoms. The van der Waals surface area contributed by atoms with Gasteiger partial charge in [-0.1, -0.05) is 6.08 Å². The van der Waals surface area contributed by atoms with Crippen molar-refractivity contribution >= 4 is 34.7 Å². The van der Waals surface area contributed by atoms with E-state index in [4.69, 9.17) is 0 Å². The molecule has 0 saturated carbocycles. The lowest BCUT2D eigenvalue weighted by Gasteiger charge is -2.31. The predicted octanol–water partition coefficient (Wildman–Crippen LogP) is 4.26. The van der Waals surface area contributed by atoms with Gasteiger partial charge in [0.1, 0.15) is 0 Å². The molecule has 1 saturated heterocycles. The molecule has 0 aliphatic carbocycles. The highest BCUT2D eigenvalue weighted by Crippen LogP contribution is 2.28. The standard InChI is InChI=1S/C28H32F3N7O2/c1-36(22-4-2-14-32-18-22)26(40)20-6-8-21(9-7-20)33-27-34-25-23(5-3-15-38(25)35-27)19-11-16-37(17-12-19)24(39)10-13-28(29,30)31/h3,5-9,11,15,22,32H,2,4,10,12-14,16-18H2,1H3,(H,33,35).